The largest absolute Gasteiger partial charge is 0.506 e. The number of carbonyl (C=O) groups is 3. The number of ether oxygens (including phenoxy) is 1. The van der Waals surface area contributed by atoms with Crippen molar-refractivity contribution in [1.29, 1.82) is 0 Å². The normalized spacial score (nSPS) is 13.8. The molecule has 11 heteroatoms. The van der Waals surface area contributed by atoms with Crippen LogP contribution in [0.2, 0.25) is 0 Å². The van der Waals surface area contributed by atoms with Crippen molar-refractivity contribution >= 4 is 61.5 Å². The van der Waals surface area contributed by atoms with Crippen molar-refractivity contribution in [1.82, 2.24) is 10.3 Å². The predicted molar refractivity (Wildman–Crippen MR) is 121 cm³/mol. The number of hydrogen-bond donors (Lipinski definition) is 3. The Kier molecular flexibility index (Phi) is 7.77. The SMILES string of the molecule is O=C(NN=Cc1cc(Br)cc(Br)c1O)C(=O)Nc1ccccc1C(=O)N1CCOCC1. The molecule has 2 aromatic rings. The number of hydrazone groups is 1. The van der Waals surface area contributed by atoms with E-state index in [0.717, 1.165) is 0 Å². The third-order valence-electron chi connectivity index (χ3n) is 4.34. The highest BCUT2D eigenvalue weighted by Crippen LogP contribution is 2.30. The maximum atomic E-state index is 12.8. The maximum absolute atomic E-state index is 12.8. The van der Waals surface area contributed by atoms with Gasteiger partial charge in [0.15, 0.2) is 0 Å². The van der Waals surface area contributed by atoms with E-state index in [2.05, 4.69) is 47.7 Å². The molecular weight excluding hydrogens is 536 g/mol. The number of rotatable bonds is 4. The number of morpholine rings is 1. The summed E-state index contributed by atoms with van der Waals surface area (Å²) in [6.45, 7) is 1.80. The Hall–Kier alpha value is -2.76. The first-order chi connectivity index (χ1) is 14.9. The third kappa shape index (κ3) is 5.90. The quantitative estimate of drug-likeness (QED) is 0.305. The van der Waals surface area contributed by atoms with Crippen LogP contribution in [0.25, 0.3) is 0 Å². The first-order valence-electron chi connectivity index (χ1n) is 9.15. The van der Waals surface area contributed by atoms with Gasteiger partial charge >= 0.3 is 11.8 Å². The van der Waals surface area contributed by atoms with Gasteiger partial charge in [-0.25, -0.2) is 5.43 Å². The third-order valence-corrected chi connectivity index (χ3v) is 5.40. The van der Waals surface area contributed by atoms with Crippen LogP contribution >= 0.6 is 31.9 Å². The lowest BCUT2D eigenvalue weighted by Crippen LogP contribution is -2.41. The summed E-state index contributed by atoms with van der Waals surface area (Å²) < 4.78 is 6.37. The molecule has 0 saturated carbocycles. The number of nitrogens with zero attached hydrogens (tertiary/aromatic N) is 2. The van der Waals surface area contributed by atoms with Crippen molar-refractivity contribution in [3.8, 4) is 5.75 Å². The molecule has 2 aromatic carbocycles. The monoisotopic (exact) mass is 552 g/mol. The summed E-state index contributed by atoms with van der Waals surface area (Å²) in [5.74, 6) is -2.34. The van der Waals surface area contributed by atoms with Crippen molar-refractivity contribution < 1.29 is 24.2 Å². The molecule has 1 saturated heterocycles. The number of aromatic hydroxyl groups is 1. The Morgan fingerprint density at radius 2 is 1.81 bits per heavy atom. The molecule has 3 N–H and O–H groups in total. The number of carbonyl (C=O) groups excluding carboxylic acids is 3. The van der Waals surface area contributed by atoms with Crippen LogP contribution in [0.5, 0.6) is 5.75 Å². The second kappa shape index (κ2) is 10.5. The van der Waals surface area contributed by atoms with Crippen LogP contribution in [-0.2, 0) is 14.3 Å². The molecular formula is C20H18Br2N4O5. The standard InChI is InChI=1S/C20H18Br2N4O5/c21-13-9-12(17(27)15(22)10-13)11-23-25-19(29)18(28)24-16-4-2-1-3-14(16)20(30)26-5-7-31-8-6-26/h1-4,9-11,27H,5-8H2,(H,24,28)(H,25,29). The number of anilines is 1. The first kappa shape index (κ1) is 22.9. The summed E-state index contributed by atoms with van der Waals surface area (Å²) >= 11 is 6.48. The van der Waals surface area contributed by atoms with E-state index in [9.17, 15) is 19.5 Å². The predicted octanol–water partition coefficient (Wildman–Crippen LogP) is 2.48. The van der Waals surface area contributed by atoms with Gasteiger partial charge in [0, 0.05) is 23.1 Å². The Bertz CT molecular complexity index is 1040. The fourth-order valence-corrected chi connectivity index (χ4v) is 4.05. The van der Waals surface area contributed by atoms with Crippen LogP contribution < -0.4 is 10.7 Å². The highest BCUT2D eigenvalue weighted by atomic mass is 79.9. The van der Waals surface area contributed by atoms with Gasteiger partial charge < -0.3 is 20.1 Å². The molecule has 162 valence electrons. The van der Waals surface area contributed by atoms with Gasteiger partial charge in [0.2, 0.25) is 0 Å². The molecule has 0 spiro atoms. The summed E-state index contributed by atoms with van der Waals surface area (Å²) in [6.07, 6.45) is 1.20. The lowest BCUT2D eigenvalue weighted by Gasteiger charge is -2.27. The molecule has 0 unspecified atom stereocenters. The number of halogens is 2. The Balaban J connectivity index is 1.65. The van der Waals surface area contributed by atoms with Gasteiger partial charge in [0.1, 0.15) is 5.75 Å². The van der Waals surface area contributed by atoms with Crippen molar-refractivity contribution in [3.63, 3.8) is 0 Å². The average molecular weight is 554 g/mol. The number of hydrogen-bond acceptors (Lipinski definition) is 6. The van der Waals surface area contributed by atoms with E-state index in [1.165, 1.54) is 6.21 Å². The van der Waals surface area contributed by atoms with Gasteiger partial charge in [-0.1, -0.05) is 28.1 Å². The first-order valence-corrected chi connectivity index (χ1v) is 10.7. The fraction of sp³-hybridized carbons (Fsp3) is 0.200. The Morgan fingerprint density at radius 1 is 1.10 bits per heavy atom. The fourth-order valence-electron chi connectivity index (χ4n) is 2.79. The molecule has 0 aromatic heterocycles. The van der Waals surface area contributed by atoms with E-state index < -0.39 is 11.8 Å². The van der Waals surface area contributed by atoms with Crippen LogP contribution in [0.1, 0.15) is 15.9 Å². The van der Waals surface area contributed by atoms with E-state index in [4.69, 9.17) is 4.74 Å². The summed E-state index contributed by atoms with van der Waals surface area (Å²) in [6, 6.07) is 9.68. The lowest BCUT2D eigenvalue weighted by molar-refractivity contribution is -0.136. The van der Waals surface area contributed by atoms with Crippen molar-refractivity contribution in [2.75, 3.05) is 31.6 Å². The second-order valence-electron chi connectivity index (χ2n) is 6.43. The number of phenolic OH excluding ortho intramolecular Hbond substituents is 1. The molecule has 31 heavy (non-hydrogen) atoms. The van der Waals surface area contributed by atoms with E-state index in [1.54, 1.807) is 41.3 Å². The zero-order chi connectivity index (χ0) is 22.4. The van der Waals surface area contributed by atoms with Gasteiger partial charge in [-0.05, 0) is 40.2 Å². The molecule has 1 aliphatic rings. The van der Waals surface area contributed by atoms with Crippen molar-refractivity contribution in [2.45, 2.75) is 0 Å². The van der Waals surface area contributed by atoms with Crippen LogP contribution in [0.4, 0.5) is 5.69 Å². The number of para-hydroxylation sites is 1. The second-order valence-corrected chi connectivity index (χ2v) is 8.20. The highest BCUT2D eigenvalue weighted by molar-refractivity contribution is 9.11. The molecule has 3 amide bonds. The summed E-state index contributed by atoms with van der Waals surface area (Å²) in [4.78, 5) is 38.8. The average Bonchev–Trinajstić information content (AvgIpc) is 2.77. The van der Waals surface area contributed by atoms with Crippen LogP contribution in [-0.4, -0.2) is 60.2 Å². The summed E-state index contributed by atoms with van der Waals surface area (Å²) in [7, 11) is 0. The van der Waals surface area contributed by atoms with Crippen molar-refractivity contribution in [3.05, 3.63) is 56.5 Å². The molecule has 0 bridgehead atoms. The van der Waals surface area contributed by atoms with Crippen LogP contribution in [0.3, 0.4) is 0 Å². The molecule has 1 fully saturated rings. The van der Waals surface area contributed by atoms with Gasteiger partial charge in [0.25, 0.3) is 5.91 Å². The molecule has 1 aliphatic heterocycles. The molecule has 1 heterocycles. The summed E-state index contributed by atoms with van der Waals surface area (Å²) in [5, 5.41) is 16.1. The van der Waals surface area contributed by atoms with E-state index in [0.29, 0.717) is 40.8 Å². The number of benzene rings is 2. The zero-order valence-electron chi connectivity index (χ0n) is 16.1. The van der Waals surface area contributed by atoms with Gasteiger partial charge in [-0.3, -0.25) is 14.4 Å². The van der Waals surface area contributed by atoms with Crippen LogP contribution in [0, 0.1) is 0 Å². The number of nitrogens with one attached hydrogen (secondary N) is 2. The number of phenols is 1. The van der Waals surface area contributed by atoms with Gasteiger partial charge in [-0.15, -0.1) is 0 Å². The van der Waals surface area contributed by atoms with E-state index in [-0.39, 0.29) is 22.9 Å². The highest BCUT2D eigenvalue weighted by Gasteiger charge is 2.23. The lowest BCUT2D eigenvalue weighted by atomic mass is 10.1. The molecule has 3 rings (SSSR count). The minimum absolute atomic E-state index is 0.0683. The Labute approximate surface area is 194 Å². The number of amides is 3. The van der Waals surface area contributed by atoms with Crippen molar-refractivity contribution in [2.24, 2.45) is 5.10 Å². The summed E-state index contributed by atoms with van der Waals surface area (Å²) in [5.41, 5.74) is 2.91. The molecule has 0 radical (unpaired) electrons. The van der Waals surface area contributed by atoms with E-state index in [1.807, 2.05) is 0 Å². The minimum Gasteiger partial charge on any atom is -0.506 e. The smallest absolute Gasteiger partial charge is 0.329 e. The molecule has 0 aliphatic carbocycles. The van der Waals surface area contributed by atoms with Crippen LogP contribution in [0.15, 0.2) is 50.4 Å². The Morgan fingerprint density at radius 3 is 2.55 bits per heavy atom. The van der Waals surface area contributed by atoms with Gasteiger partial charge in [-0.2, -0.15) is 5.10 Å². The molecule has 9 nitrogen and oxygen atoms in total. The maximum Gasteiger partial charge on any atom is 0.329 e. The minimum atomic E-state index is -1.03. The van der Waals surface area contributed by atoms with Gasteiger partial charge in [0.05, 0.1) is 35.2 Å². The zero-order valence-corrected chi connectivity index (χ0v) is 19.3. The topological polar surface area (TPSA) is 120 Å². The molecule has 0 atom stereocenters. The van der Waals surface area contributed by atoms with E-state index >= 15 is 0 Å².